The first-order valence-electron chi connectivity index (χ1n) is 4.87. The Labute approximate surface area is 105 Å². The van der Waals surface area contributed by atoms with Crippen LogP contribution >= 0.6 is 15.9 Å². The normalized spacial score (nSPS) is 10.5. The number of carbonyl (C=O) groups is 1. The maximum atomic E-state index is 11.5. The second-order valence-corrected chi connectivity index (χ2v) is 3.97. The van der Waals surface area contributed by atoms with Gasteiger partial charge in [0.05, 0.1) is 12.4 Å². The van der Waals surface area contributed by atoms with Crippen LogP contribution in [-0.2, 0) is 0 Å². The highest BCUT2D eigenvalue weighted by atomic mass is 79.9. The first-order valence-corrected chi connectivity index (χ1v) is 5.99. The van der Waals surface area contributed by atoms with Crippen molar-refractivity contribution in [2.75, 3.05) is 12.4 Å². The third-order valence-electron chi connectivity index (χ3n) is 2.36. The largest absolute Gasteiger partial charge is 0.497 e. The van der Waals surface area contributed by atoms with Gasteiger partial charge in [0.15, 0.2) is 5.78 Å². The van der Waals surface area contributed by atoms with E-state index >= 15 is 0 Å². The quantitative estimate of drug-likeness (QED) is 0.496. The minimum absolute atomic E-state index is 0.0441. The third kappa shape index (κ3) is 2.24. The summed E-state index contributed by atoms with van der Waals surface area (Å²) >= 11 is 3.02. The number of benzene rings is 1. The molecular formula is C12H9BrO4. The molecule has 2 aromatic rings. The second-order valence-electron chi connectivity index (χ2n) is 3.41. The summed E-state index contributed by atoms with van der Waals surface area (Å²) < 4.78 is 10.1. The summed E-state index contributed by atoms with van der Waals surface area (Å²) in [5.74, 6) is 0.340. The molecule has 17 heavy (non-hydrogen) atoms. The van der Waals surface area contributed by atoms with Gasteiger partial charge in [0.2, 0.25) is 0 Å². The Bertz CT molecular complexity index is 630. The molecule has 1 heterocycles. The Kier molecular flexibility index (Phi) is 3.28. The summed E-state index contributed by atoms with van der Waals surface area (Å²) in [6.07, 6.45) is 0. The van der Waals surface area contributed by atoms with Gasteiger partial charge in [-0.15, -0.1) is 0 Å². The summed E-state index contributed by atoms with van der Waals surface area (Å²) in [4.78, 5) is 23.0. The first kappa shape index (κ1) is 11.9. The Morgan fingerprint density at radius 3 is 2.82 bits per heavy atom. The van der Waals surface area contributed by atoms with Crippen molar-refractivity contribution in [2.45, 2.75) is 0 Å². The van der Waals surface area contributed by atoms with Gasteiger partial charge in [-0.3, -0.25) is 4.79 Å². The van der Waals surface area contributed by atoms with Crippen LogP contribution in [0, 0.1) is 0 Å². The predicted molar refractivity (Wildman–Crippen MR) is 67.2 cm³/mol. The summed E-state index contributed by atoms with van der Waals surface area (Å²) in [6.45, 7) is 0. The summed E-state index contributed by atoms with van der Waals surface area (Å²) in [7, 11) is 1.55. The molecule has 1 aromatic carbocycles. The van der Waals surface area contributed by atoms with E-state index in [4.69, 9.17) is 9.15 Å². The number of alkyl halides is 1. The van der Waals surface area contributed by atoms with Crippen molar-refractivity contribution in [3.63, 3.8) is 0 Å². The fourth-order valence-corrected chi connectivity index (χ4v) is 1.80. The van der Waals surface area contributed by atoms with Crippen LogP contribution in [-0.4, -0.2) is 18.2 Å². The monoisotopic (exact) mass is 296 g/mol. The lowest BCUT2D eigenvalue weighted by Crippen LogP contribution is -2.14. The van der Waals surface area contributed by atoms with Gasteiger partial charge in [0, 0.05) is 5.39 Å². The minimum atomic E-state index is -0.618. The Morgan fingerprint density at radius 2 is 2.18 bits per heavy atom. The number of hydrogen-bond acceptors (Lipinski definition) is 4. The van der Waals surface area contributed by atoms with Crippen LogP contribution in [0.3, 0.4) is 0 Å². The molecule has 5 heteroatoms. The van der Waals surface area contributed by atoms with Crippen LogP contribution in [0.5, 0.6) is 5.75 Å². The molecule has 0 aliphatic carbocycles. The molecule has 0 unspecified atom stereocenters. The Morgan fingerprint density at radius 1 is 1.41 bits per heavy atom. The third-order valence-corrected chi connectivity index (χ3v) is 2.87. The molecule has 2 rings (SSSR count). The van der Waals surface area contributed by atoms with E-state index in [1.807, 2.05) is 0 Å². The molecule has 4 nitrogen and oxygen atoms in total. The average molecular weight is 297 g/mol. The number of methoxy groups -OCH3 is 1. The molecule has 0 fully saturated rings. The lowest BCUT2D eigenvalue weighted by Gasteiger charge is -2.02. The number of halogens is 1. The van der Waals surface area contributed by atoms with Crippen molar-refractivity contribution in [1.82, 2.24) is 0 Å². The molecule has 0 spiro atoms. The molecule has 88 valence electrons. The van der Waals surface area contributed by atoms with Crippen LogP contribution in [0.2, 0.25) is 0 Å². The zero-order chi connectivity index (χ0) is 12.4. The number of Topliss-reactive ketones (excluding diaryl/α,β-unsaturated/α-hetero) is 1. The number of ketones is 1. The van der Waals surface area contributed by atoms with Gasteiger partial charge in [0.25, 0.3) is 0 Å². The number of carbonyl (C=O) groups excluding carboxylic acids is 1. The molecule has 0 saturated carbocycles. The lowest BCUT2D eigenvalue weighted by atomic mass is 10.1. The highest BCUT2D eigenvalue weighted by molar-refractivity contribution is 9.09. The molecule has 0 saturated heterocycles. The Balaban J connectivity index is 2.68. The Hall–Kier alpha value is -1.62. The molecule has 0 N–H and O–H groups in total. The average Bonchev–Trinajstić information content (AvgIpc) is 2.36. The smallest absolute Gasteiger partial charge is 0.347 e. The highest BCUT2D eigenvalue weighted by Crippen LogP contribution is 2.20. The van der Waals surface area contributed by atoms with Gasteiger partial charge in [0.1, 0.15) is 16.9 Å². The van der Waals surface area contributed by atoms with Crippen LogP contribution in [0.15, 0.2) is 33.5 Å². The van der Waals surface area contributed by atoms with Crippen molar-refractivity contribution >= 4 is 32.7 Å². The minimum Gasteiger partial charge on any atom is -0.497 e. The van der Waals surface area contributed by atoms with E-state index < -0.39 is 5.63 Å². The molecule has 0 aliphatic heterocycles. The van der Waals surface area contributed by atoms with E-state index in [1.165, 1.54) is 6.07 Å². The van der Waals surface area contributed by atoms with E-state index in [-0.39, 0.29) is 16.7 Å². The van der Waals surface area contributed by atoms with Crippen molar-refractivity contribution in [3.05, 3.63) is 40.2 Å². The summed E-state index contributed by atoms with van der Waals surface area (Å²) in [5.41, 5.74) is -0.142. The number of fused-ring (bicyclic) bond motifs is 1. The number of hydrogen-bond donors (Lipinski definition) is 0. The number of ether oxygens (including phenoxy) is 1. The molecule has 0 radical (unpaired) electrons. The van der Waals surface area contributed by atoms with Gasteiger partial charge in [-0.25, -0.2) is 4.79 Å². The van der Waals surface area contributed by atoms with Gasteiger partial charge in [-0.05, 0) is 24.3 Å². The van der Waals surface area contributed by atoms with Crippen LogP contribution < -0.4 is 10.4 Å². The SMILES string of the molecule is COc1ccc2oc(=O)c(C(=O)CBr)cc2c1. The zero-order valence-corrected chi connectivity index (χ0v) is 10.6. The van der Waals surface area contributed by atoms with Crippen LogP contribution in [0.4, 0.5) is 0 Å². The van der Waals surface area contributed by atoms with E-state index in [9.17, 15) is 9.59 Å². The van der Waals surface area contributed by atoms with E-state index in [2.05, 4.69) is 15.9 Å². The summed E-state index contributed by atoms with van der Waals surface area (Å²) in [5, 5.41) is 0.751. The van der Waals surface area contributed by atoms with E-state index in [1.54, 1.807) is 25.3 Å². The van der Waals surface area contributed by atoms with Crippen molar-refractivity contribution in [3.8, 4) is 5.75 Å². The van der Waals surface area contributed by atoms with Gasteiger partial charge in [-0.2, -0.15) is 0 Å². The van der Waals surface area contributed by atoms with Gasteiger partial charge >= 0.3 is 5.63 Å². The van der Waals surface area contributed by atoms with Crippen LogP contribution in [0.25, 0.3) is 11.0 Å². The maximum absolute atomic E-state index is 11.5. The fraction of sp³-hybridized carbons (Fsp3) is 0.167. The molecular weight excluding hydrogens is 288 g/mol. The predicted octanol–water partition coefficient (Wildman–Crippen LogP) is 2.38. The molecule has 0 amide bonds. The molecule has 0 bridgehead atoms. The van der Waals surface area contributed by atoms with Gasteiger partial charge in [-0.1, -0.05) is 15.9 Å². The van der Waals surface area contributed by atoms with E-state index in [0.29, 0.717) is 16.7 Å². The fourth-order valence-electron chi connectivity index (χ4n) is 1.49. The molecule has 0 aliphatic rings. The summed E-state index contributed by atoms with van der Waals surface area (Å²) in [6, 6.07) is 6.56. The van der Waals surface area contributed by atoms with Crippen molar-refractivity contribution < 1.29 is 13.9 Å². The second kappa shape index (κ2) is 4.71. The maximum Gasteiger partial charge on any atom is 0.347 e. The zero-order valence-electron chi connectivity index (χ0n) is 9.03. The van der Waals surface area contributed by atoms with Gasteiger partial charge < -0.3 is 9.15 Å². The number of rotatable bonds is 3. The first-order chi connectivity index (χ1) is 8.15. The lowest BCUT2D eigenvalue weighted by molar-refractivity contribution is 0.102. The highest BCUT2D eigenvalue weighted by Gasteiger charge is 2.12. The molecule has 1 aromatic heterocycles. The standard InChI is InChI=1S/C12H9BrO4/c1-16-8-2-3-11-7(4-8)5-9(10(14)6-13)12(15)17-11/h2-5H,6H2,1H3. The molecule has 0 atom stereocenters. The topological polar surface area (TPSA) is 56.5 Å². The van der Waals surface area contributed by atoms with Crippen molar-refractivity contribution in [2.24, 2.45) is 0 Å². The van der Waals surface area contributed by atoms with Crippen LogP contribution in [0.1, 0.15) is 10.4 Å². The van der Waals surface area contributed by atoms with E-state index in [0.717, 1.165) is 0 Å². The van der Waals surface area contributed by atoms with Crippen molar-refractivity contribution in [1.29, 1.82) is 0 Å².